The van der Waals surface area contributed by atoms with E-state index in [4.69, 9.17) is 4.74 Å². The SMILES string of the molecule is O=C(NC1CNCCN1C(c1ccc(F)cc1)c1ccc(F)cc1)C12CC1C(=NO)c1ccccc1O2. The molecule has 3 aromatic carbocycles. The van der Waals surface area contributed by atoms with E-state index in [0.29, 0.717) is 43.1 Å². The Morgan fingerprint density at radius 1 is 1.05 bits per heavy atom. The largest absolute Gasteiger partial charge is 0.476 e. The molecule has 3 aliphatic rings. The predicted molar refractivity (Wildman–Crippen MR) is 132 cm³/mol. The number of para-hydroxylation sites is 1. The fraction of sp³-hybridized carbons (Fsp3) is 0.286. The van der Waals surface area contributed by atoms with E-state index < -0.39 is 11.8 Å². The molecule has 0 bridgehead atoms. The maximum atomic E-state index is 13.7. The zero-order valence-electron chi connectivity index (χ0n) is 19.9. The average Bonchev–Trinajstić information content (AvgIpc) is 3.66. The number of hydrogen-bond donors (Lipinski definition) is 3. The van der Waals surface area contributed by atoms with Crippen LogP contribution in [0.3, 0.4) is 0 Å². The first-order valence-corrected chi connectivity index (χ1v) is 12.3. The van der Waals surface area contributed by atoms with E-state index in [0.717, 1.165) is 11.1 Å². The van der Waals surface area contributed by atoms with E-state index in [1.807, 2.05) is 18.2 Å². The van der Waals surface area contributed by atoms with Gasteiger partial charge in [0.15, 0.2) is 5.60 Å². The number of piperazine rings is 1. The van der Waals surface area contributed by atoms with Gasteiger partial charge in [-0.25, -0.2) is 8.78 Å². The molecule has 2 aliphatic heterocycles. The summed E-state index contributed by atoms with van der Waals surface area (Å²) in [7, 11) is 0. The summed E-state index contributed by atoms with van der Waals surface area (Å²) in [4.78, 5) is 15.8. The molecule has 6 rings (SSSR count). The van der Waals surface area contributed by atoms with Crippen molar-refractivity contribution in [3.05, 3.63) is 101 Å². The van der Waals surface area contributed by atoms with Gasteiger partial charge in [0.25, 0.3) is 5.91 Å². The van der Waals surface area contributed by atoms with Gasteiger partial charge in [-0.05, 0) is 47.5 Å². The van der Waals surface area contributed by atoms with Gasteiger partial charge in [-0.1, -0.05) is 41.6 Å². The summed E-state index contributed by atoms with van der Waals surface area (Å²) in [5.41, 5.74) is 1.65. The fourth-order valence-corrected chi connectivity index (χ4v) is 5.55. The molecule has 0 spiro atoms. The zero-order chi connectivity index (χ0) is 25.6. The van der Waals surface area contributed by atoms with Crippen molar-refractivity contribution in [3.8, 4) is 5.75 Å². The molecule has 7 nitrogen and oxygen atoms in total. The van der Waals surface area contributed by atoms with Crippen LogP contribution in [0.2, 0.25) is 0 Å². The van der Waals surface area contributed by atoms with Crippen molar-refractivity contribution in [2.45, 2.75) is 24.2 Å². The van der Waals surface area contributed by atoms with Crippen LogP contribution in [0.1, 0.15) is 29.2 Å². The third kappa shape index (κ3) is 4.14. The van der Waals surface area contributed by atoms with Crippen molar-refractivity contribution in [2.24, 2.45) is 11.1 Å². The van der Waals surface area contributed by atoms with Crippen molar-refractivity contribution in [1.82, 2.24) is 15.5 Å². The Morgan fingerprint density at radius 2 is 1.70 bits per heavy atom. The van der Waals surface area contributed by atoms with E-state index in [9.17, 15) is 18.8 Å². The van der Waals surface area contributed by atoms with Crippen molar-refractivity contribution >= 4 is 11.6 Å². The monoisotopic (exact) mass is 504 g/mol. The number of oxime groups is 1. The van der Waals surface area contributed by atoms with Crippen molar-refractivity contribution < 1.29 is 23.5 Å². The molecule has 1 amide bonds. The molecule has 3 atom stereocenters. The quantitative estimate of drug-likeness (QED) is 0.366. The van der Waals surface area contributed by atoms with Crippen LogP contribution < -0.4 is 15.4 Å². The Kier molecular flexibility index (Phi) is 5.89. The first-order chi connectivity index (χ1) is 18.0. The van der Waals surface area contributed by atoms with Crippen LogP contribution in [0.5, 0.6) is 5.75 Å². The zero-order valence-corrected chi connectivity index (χ0v) is 19.9. The number of benzene rings is 3. The Bertz CT molecular complexity index is 1300. The van der Waals surface area contributed by atoms with Crippen LogP contribution in [0, 0.1) is 17.6 Å². The summed E-state index contributed by atoms with van der Waals surface area (Å²) in [5, 5.41) is 19.7. The molecule has 9 heteroatoms. The Balaban J connectivity index is 1.30. The Morgan fingerprint density at radius 3 is 2.35 bits per heavy atom. The van der Waals surface area contributed by atoms with Crippen LogP contribution in [0.15, 0.2) is 78.0 Å². The van der Waals surface area contributed by atoms with Crippen molar-refractivity contribution in [2.75, 3.05) is 19.6 Å². The van der Waals surface area contributed by atoms with Crippen LogP contribution in [-0.4, -0.2) is 53.1 Å². The number of ether oxygens (including phenoxy) is 1. The van der Waals surface area contributed by atoms with Gasteiger partial charge in [0, 0.05) is 31.6 Å². The molecule has 1 saturated carbocycles. The molecule has 2 heterocycles. The van der Waals surface area contributed by atoms with Crippen molar-refractivity contribution in [3.63, 3.8) is 0 Å². The molecule has 0 radical (unpaired) electrons. The van der Waals surface area contributed by atoms with Gasteiger partial charge in [-0.2, -0.15) is 0 Å². The molecule has 1 aliphatic carbocycles. The summed E-state index contributed by atoms with van der Waals surface area (Å²) in [6.07, 6.45) is -0.0147. The number of fused-ring (bicyclic) bond motifs is 2. The lowest BCUT2D eigenvalue weighted by Crippen LogP contribution is -2.62. The topological polar surface area (TPSA) is 86.2 Å². The van der Waals surface area contributed by atoms with E-state index in [1.165, 1.54) is 24.3 Å². The first-order valence-electron chi connectivity index (χ1n) is 12.3. The van der Waals surface area contributed by atoms with Crippen LogP contribution in [-0.2, 0) is 4.79 Å². The van der Waals surface area contributed by atoms with Gasteiger partial charge in [0.1, 0.15) is 17.4 Å². The van der Waals surface area contributed by atoms with E-state index >= 15 is 0 Å². The maximum Gasteiger partial charge on any atom is 0.266 e. The summed E-state index contributed by atoms with van der Waals surface area (Å²) in [6.45, 7) is 1.75. The number of halogens is 2. The summed E-state index contributed by atoms with van der Waals surface area (Å²) < 4.78 is 33.7. The normalized spacial score (nSPS) is 25.8. The first kappa shape index (κ1) is 23.6. The summed E-state index contributed by atoms with van der Waals surface area (Å²) in [6, 6.07) is 19.3. The summed E-state index contributed by atoms with van der Waals surface area (Å²) >= 11 is 0. The third-order valence-corrected chi connectivity index (χ3v) is 7.47. The van der Waals surface area contributed by atoms with Crippen LogP contribution in [0.4, 0.5) is 8.78 Å². The number of amides is 1. The van der Waals surface area contributed by atoms with E-state index in [2.05, 4.69) is 20.7 Å². The number of carbonyl (C=O) groups is 1. The molecule has 3 N–H and O–H groups in total. The number of hydrogen-bond acceptors (Lipinski definition) is 6. The second kappa shape index (κ2) is 9.24. The average molecular weight is 505 g/mol. The maximum absolute atomic E-state index is 13.7. The highest BCUT2D eigenvalue weighted by Crippen LogP contribution is 2.54. The summed E-state index contributed by atoms with van der Waals surface area (Å²) in [5.74, 6) is -0.817. The second-order valence-electron chi connectivity index (χ2n) is 9.67. The van der Waals surface area contributed by atoms with E-state index in [-0.39, 0.29) is 29.5 Å². The lowest BCUT2D eigenvalue weighted by Gasteiger charge is -2.42. The molecule has 190 valence electrons. The smallest absolute Gasteiger partial charge is 0.266 e. The van der Waals surface area contributed by atoms with Gasteiger partial charge < -0.3 is 20.6 Å². The van der Waals surface area contributed by atoms with Gasteiger partial charge in [-0.15, -0.1) is 0 Å². The standard InChI is InChI=1S/C28H26F2N4O3/c29-19-9-5-17(6-10-19)26(18-7-11-20(30)12-8-18)34-14-13-31-16-24(34)32-27(35)28-15-22(28)25(33-36)21-3-1-2-4-23(21)37-28/h1-12,22,24,26,31,36H,13-16H2,(H,32,35). The minimum Gasteiger partial charge on any atom is -0.476 e. The highest BCUT2D eigenvalue weighted by Gasteiger charge is 2.68. The highest BCUT2D eigenvalue weighted by atomic mass is 19.1. The molecule has 1 saturated heterocycles. The number of nitrogens with zero attached hydrogens (tertiary/aromatic N) is 2. The van der Waals surface area contributed by atoms with Crippen LogP contribution >= 0.6 is 0 Å². The number of nitrogens with one attached hydrogen (secondary N) is 2. The molecule has 0 aromatic heterocycles. The molecular formula is C28H26F2N4O3. The van der Waals surface area contributed by atoms with Crippen LogP contribution in [0.25, 0.3) is 0 Å². The number of rotatable bonds is 5. The minimum absolute atomic E-state index is 0.288. The Hall–Kier alpha value is -3.82. The van der Waals surface area contributed by atoms with Gasteiger partial charge in [0.05, 0.1) is 23.8 Å². The molecule has 37 heavy (non-hydrogen) atoms. The fourth-order valence-electron chi connectivity index (χ4n) is 5.55. The lowest BCUT2D eigenvalue weighted by atomic mass is 9.95. The van der Waals surface area contributed by atoms with Crippen molar-refractivity contribution in [1.29, 1.82) is 0 Å². The van der Waals surface area contributed by atoms with Gasteiger partial charge in [0.2, 0.25) is 0 Å². The molecule has 2 fully saturated rings. The van der Waals surface area contributed by atoms with E-state index in [1.54, 1.807) is 30.3 Å². The predicted octanol–water partition coefficient (Wildman–Crippen LogP) is 3.43. The third-order valence-electron chi connectivity index (χ3n) is 7.47. The second-order valence-corrected chi connectivity index (χ2v) is 9.67. The Labute approximate surface area is 212 Å². The van der Waals surface area contributed by atoms with Gasteiger partial charge in [-0.3, -0.25) is 9.69 Å². The molecular weight excluding hydrogens is 478 g/mol. The highest BCUT2D eigenvalue weighted by molar-refractivity contribution is 6.12. The molecule has 3 aromatic rings. The minimum atomic E-state index is -1.14. The van der Waals surface area contributed by atoms with Gasteiger partial charge >= 0.3 is 0 Å². The molecule has 3 unspecified atom stereocenters. The number of carbonyl (C=O) groups excluding carboxylic acids is 1. The lowest BCUT2D eigenvalue weighted by molar-refractivity contribution is -0.133.